The van der Waals surface area contributed by atoms with Gasteiger partial charge in [0, 0.05) is 16.0 Å². The summed E-state index contributed by atoms with van der Waals surface area (Å²) in [4.78, 5) is 0. The van der Waals surface area contributed by atoms with Gasteiger partial charge < -0.3 is 5.73 Å². The molecule has 0 saturated carbocycles. The zero-order valence-electron chi connectivity index (χ0n) is 6.20. The average Bonchev–Trinajstić information content (AvgIpc) is 1.96. The van der Waals surface area contributed by atoms with Crippen LogP contribution in [0.2, 0.25) is 5.02 Å². The van der Waals surface area contributed by atoms with E-state index in [2.05, 4.69) is 15.9 Å². The lowest BCUT2D eigenvalue weighted by Gasteiger charge is -2.05. The number of nitrogens with two attached hydrogens (primary N) is 1. The highest BCUT2D eigenvalue weighted by molar-refractivity contribution is 9.10. The van der Waals surface area contributed by atoms with E-state index < -0.39 is 0 Å². The number of benzene rings is 1. The van der Waals surface area contributed by atoms with E-state index in [0.29, 0.717) is 6.54 Å². The molecule has 1 rings (SSSR count). The topological polar surface area (TPSA) is 26.0 Å². The molecule has 0 saturated heterocycles. The predicted octanol–water partition coefficient (Wildman–Crippen LogP) is 2.87. The Kier molecular flexibility index (Phi) is 2.93. The van der Waals surface area contributed by atoms with Crippen molar-refractivity contribution < 1.29 is 0 Å². The molecule has 0 unspecified atom stereocenters. The first kappa shape index (κ1) is 9.04. The standard InChI is InChI=1S/C8H9BrClN/c1-5-6(4-11)2-7(9)3-8(5)10/h2-3H,4,11H2,1H3. The van der Waals surface area contributed by atoms with Gasteiger partial charge >= 0.3 is 0 Å². The van der Waals surface area contributed by atoms with Crippen LogP contribution in [0.3, 0.4) is 0 Å². The fourth-order valence-electron chi connectivity index (χ4n) is 0.911. The highest BCUT2D eigenvalue weighted by Crippen LogP contribution is 2.24. The Labute approximate surface area is 79.7 Å². The van der Waals surface area contributed by atoms with Crippen molar-refractivity contribution in [1.29, 1.82) is 0 Å². The molecule has 3 heteroatoms. The minimum atomic E-state index is 0.533. The number of hydrogen-bond acceptors (Lipinski definition) is 1. The molecule has 1 nitrogen and oxygen atoms in total. The van der Waals surface area contributed by atoms with E-state index in [-0.39, 0.29) is 0 Å². The van der Waals surface area contributed by atoms with E-state index in [1.54, 1.807) is 0 Å². The third-order valence-electron chi connectivity index (χ3n) is 1.64. The molecule has 0 spiro atoms. The minimum Gasteiger partial charge on any atom is -0.326 e. The van der Waals surface area contributed by atoms with Crippen LogP contribution in [0.1, 0.15) is 11.1 Å². The molecular formula is C8H9BrClN. The summed E-state index contributed by atoms with van der Waals surface area (Å²) < 4.78 is 0.980. The summed E-state index contributed by atoms with van der Waals surface area (Å²) in [6, 6.07) is 3.86. The van der Waals surface area contributed by atoms with Crippen molar-refractivity contribution >= 4 is 27.5 Å². The molecule has 0 aliphatic heterocycles. The first-order valence-corrected chi connectivity index (χ1v) is 4.47. The molecule has 1 aromatic rings. The Morgan fingerprint density at radius 2 is 2.18 bits per heavy atom. The molecule has 0 radical (unpaired) electrons. The summed E-state index contributed by atoms with van der Waals surface area (Å²) in [5.41, 5.74) is 7.66. The van der Waals surface area contributed by atoms with E-state index in [1.807, 2.05) is 19.1 Å². The van der Waals surface area contributed by atoms with Crippen molar-refractivity contribution in [1.82, 2.24) is 0 Å². The maximum absolute atomic E-state index is 5.91. The summed E-state index contributed by atoms with van der Waals surface area (Å²) in [5.74, 6) is 0. The van der Waals surface area contributed by atoms with Crippen LogP contribution in [-0.4, -0.2) is 0 Å². The van der Waals surface area contributed by atoms with Crippen LogP contribution in [0.5, 0.6) is 0 Å². The lowest BCUT2D eigenvalue weighted by molar-refractivity contribution is 1.05. The number of halogens is 2. The van der Waals surface area contributed by atoms with Gasteiger partial charge in [-0.2, -0.15) is 0 Å². The zero-order valence-corrected chi connectivity index (χ0v) is 8.54. The van der Waals surface area contributed by atoms with Gasteiger partial charge in [0.05, 0.1) is 0 Å². The summed E-state index contributed by atoms with van der Waals surface area (Å²) in [5, 5.41) is 0.764. The third-order valence-corrected chi connectivity index (χ3v) is 2.49. The van der Waals surface area contributed by atoms with Crippen LogP contribution < -0.4 is 5.73 Å². The maximum Gasteiger partial charge on any atom is 0.0449 e. The van der Waals surface area contributed by atoms with Gasteiger partial charge in [0.1, 0.15) is 0 Å². The summed E-state index contributed by atoms with van der Waals surface area (Å²) in [6.07, 6.45) is 0. The van der Waals surface area contributed by atoms with Gasteiger partial charge in [-0.25, -0.2) is 0 Å². The molecule has 0 aliphatic rings. The average molecular weight is 235 g/mol. The monoisotopic (exact) mass is 233 g/mol. The zero-order chi connectivity index (χ0) is 8.43. The molecule has 2 N–H and O–H groups in total. The smallest absolute Gasteiger partial charge is 0.0449 e. The van der Waals surface area contributed by atoms with Gasteiger partial charge in [-0.15, -0.1) is 0 Å². The van der Waals surface area contributed by atoms with E-state index >= 15 is 0 Å². The summed E-state index contributed by atoms with van der Waals surface area (Å²) in [7, 11) is 0. The third kappa shape index (κ3) is 1.95. The normalized spacial score (nSPS) is 10.2. The van der Waals surface area contributed by atoms with Crippen molar-refractivity contribution in [2.45, 2.75) is 13.5 Å². The summed E-state index contributed by atoms with van der Waals surface area (Å²) >= 11 is 9.26. The second-order valence-corrected chi connectivity index (χ2v) is 3.70. The molecular weight excluding hydrogens is 225 g/mol. The first-order valence-electron chi connectivity index (χ1n) is 3.29. The predicted molar refractivity (Wildman–Crippen MR) is 51.8 cm³/mol. The maximum atomic E-state index is 5.91. The number of rotatable bonds is 1. The van der Waals surface area contributed by atoms with Crippen LogP contribution in [0.4, 0.5) is 0 Å². The van der Waals surface area contributed by atoms with Crippen molar-refractivity contribution in [2.75, 3.05) is 0 Å². The lowest BCUT2D eigenvalue weighted by atomic mass is 10.1. The van der Waals surface area contributed by atoms with E-state index in [9.17, 15) is 0 Å². The Balaban J connectivity index is 3.24. The largest absolute Gasteiger partial charge is 0.326 e. The second kappa shape index (κ2) is 3.57. The van der Waals surface area contributed by atoms with Gasteiger partial charge in [-0.05, 0) is 30.2 Å². The van der Waals surface area contributed by atoms with Crippen LogP contribution in [0.25, 0.3) is 0 Å². The van der Waals surface area contributed by atoms with E-state index in [1.165, 1.54) is 0 Å². The molecule has 0 amide bonds. The van der Waals surface area contributed by atoms with Gasteiger partial charge in [-0.1, -0.05) is 27.5 Å². The lowest BCUT2D eigenvalue weighted by Crippen LogP contribution is -1.99. The fraction of sp³-hybridized carbons (Fsp3) is 0.250. The molecule has 0 aliphatic carbocycles. The SMILES string of the molecule is Cc1c(Cl)cc(Br)cc1CN. The highest BCUT2D eigenvalue weighted by atomic mass is 79.9. The molecule has 0 fully saturated rings. The van der Waals surface area contributed by atoms with Crippen LogP contribution in [0.15, 0.2) is 16.6 Å². The van der Waals surface area contributed by atoms with Crippen molar-refractivity contribution in [2.24, 2.45) is 5.73 Å². The Bertz CT molecular complexity index is 273. The fourth-order valence-corrected chi connectivity index (χ4v) is 1.79. The summed E-state index contributed by atoms with van der Waals surface area (Å²) in [6.45, 7) is 2.50. The first-order chi connectivity index (χ1) is 5.15. The molecule has 1 aromatic carbocycles. The Morgan fingerprint density at radius 1 is 1.55 bits per heavy atom. The number of hydrogen-bond donors (Lipinski definition) is 1. The molecule has 60 valence electrons. The van der Waals surface area contributed by atoms with Crippen molar-refractivity contribution in [3.63, 3.8) is 0 Å². The quantitative estimate of drug-likeness (QED) is 0.794. The molecule has 0 atom stereocenters. The van der Waals surface area contributed by atoms with Gasteiger partial charge in [0.25, 0.3) is 0 Å². The molecule has 0 heterocycles. The highest BCUT2D eigenvalue weighted by Gasteiger charge is 2.01. The van der Waals surface area contributed by atoms with Crippen LogP contribution >= 0.6 is 27.5 Å². The van der Waals surface area contributed by atoms with Gasteiger partial charge in [-0.3, -0.25) is 0 Å². The molecule has 11 heavy (non-hydrogen) atoms. The van der Waals surface area contributed by atoms with Crippen LogP contribution in [0, 0.1) is 6.92 Å². The minimum absolute atomic E-state index is 0.533. The van der Waals surface area contributed by atoms with Crippen molar-refractivity contribution in [3.8, 4) is 0 Å². The van der Waals surface area contributed by atoms with Gasteiger partial charge in [0.2, 0.25) is 0 Å². The van der Waals surface area contributed by atoms with Crippen molar-refractivity contribution in [3.05, 3.63) is 32.8 Å². The van der Waals surface area contributed by atoms with E-state index in [0.717, 1.165) is 20.6 Å². The van der Waals surface area contributed by atoms with Crippen LogP contribution in [-0.2, 0) is 6.54 Å². The van der Waals surface area contributed by atoms with E-state index in [4.69, 9.17) is 17.3 Å². The molecule has 0 bridgehead atoms. The van der Waals surface area contributed by atoms with Gasteiger partial charge in [0.15, 0.2) is 0 Å². The Morgan fingerprint density at radius 3 is 2.73 bits per heavy atom. The Hall–Kier alpha value is -0.0500. The second-order valence-electron chi connectivity index (χ2n) is 2.38. The molecule has 0 aromatic heterocycles.